The second-order valence-corrected chi connectivity index (χ2v) is 6.90. The molecule has 6 heteroatoms. The number of piperidine rings is 1. The monoisotopic (exact) mass is 358 g/mol. The fraction of sp³-hybridized carbons (Fsp3) is 0.368. The molecule has 0 atom stereocenters. The summed E-state index contributed by atoms with van der Waals surface area (Å²) < 4.78 is 1.72. The molecule has 1 saturated heterocycles. The van der Waals surface area contributed by atoms with E-state index in [-0.39, 0.29) is 11.9 Å². The largest absolute Gasteiger partial charge is 0.350 e. The number of rotatable bonds is 5. The molecule has 1 N–H and O–H groups in total. The van der Waals surface area contributed by atoms with Crippen molar-refractivity contribution >= 4 is 23.6 Å². The molecule has 0 unspecified atom stereocenters. The molecule has 0 radical (unpaired) electrons. The number of carbonyl (C=O) groups is 1. The van der Waals surface area contributed by atoms with E-state index >= 15 is 0 Å². The summed E-state index contributed by atoms with van der Waals surface area (Å²) in [6.07, 6.45) is 8.92. The van der Waals surface area contributed by atoms with Crippen molar-refractivity contribution in [1.29, 1.82) is 0 Å². The summed E-state index contributed by atoms with van der Waals surface area (Å²) in [7, 11) is 1.86. The van der Waals surface area contributed by atoms with Crippen LogP contribution in [0.4, 0.5) is 0 Å². The minimum Gasteiger partial charge on any atom is -0.350 e. The van der Waals surface area contributed by atoms with Crippen molar-refractivity contribution in [1.82, 2.24) is 20.0 Å². The van der Waals surface area contributed by atoms with Gasteiger partial charge in [0, 0.05) is 55.6 Å². The lowest BCUT2D eigenvalue weighted by Gasteiger charge is -2.32. The van der Waals surface area contributed by atoms with E-state index in [1.54, 1.807) is 23.0 Å². The Hall–Kier alpha value is -2.11. The first-order valence-corrected chi connectivity index (χ1v) is 8.90. The van der Waals surface area contributed by atoms with Crippen LogP contribution >= 0.6 is 11.6 Å². The van der Waals surface area contributed by atoms with Gasteiger partial charge in [0.05, 0.1) is 6.20 Å². The lowest BCUT2D eigenvalue weighted by molar-refractivity contribution is -0.117. The maximum atomic E-state index is 12.0. The zero-order valence-electron chi connectivity index (χ0n) is 14.4. The fourth-order valence-corrected chi connectivity index (χ4v) is 3.16. The van der Waals surface area contributed by atoms with Gasteiger partial charge >= 0.3 is 0 Å². The Morgan fingerprint density at radius 2 is 2.04 bits per heavy atom. The minimum absolute atomic E-state index is 0.0417. The predicted molar refractivity (Wildman–Crippen MR) is 100 cm³/mol. The Kier molecular flexibility index (Phi) is 5.89. The smallest absolute Gasteiger partial charge is 0.244 e. The number of likely N-dealkylation sites (tertiary alicyclic amines) is 1. The summed E-state index contributed by atoms with van der Waals surface area (Å²) in [6, 6.07) is 8.24. The van der Waals surface area contributed by atoms with E-state index in [1.807, 2.05) is 25.4 Å². The van der Waals surface area contributed by atoms with Crippen LogP contribution in [0.3, 0.4) is 0 Å². The van der Waals surface area contributed by atoms with E-state index in [0.29, 0.717) is 0 Å². The lowest BCUT2D eigenvalue weighted by atomic mass is 10.0. The van der Waals surface area contributed by atoms with Crippen molar-refractivity contribution in [2.45, 2.75) is 25.4 Å². The van der Waals surface area contributed by atoms with Crippen molar-refractivity contribution in [2.75, 3.05) is 13.1 Å². The molecule has 1 aliphatic heterocycles. The molecule has 1 fully saturated rings. The summed E-state index contributed by atoms with van der Waals surface area (Å²) in [6.45, 7) is 2.90. The first-order chi connectivity index (χ1) is 12.1. The van der Waals surface area contributed by atoms with E-state index in [1.165, 1.54) is 5.56 Å². The second kappa shape index (κ2) is 8.32. The number of hydrogen-bond donors (Lipinski definition) is 1. The number of benzene rings is 1. The number of aromatic nitrogens is 2. The lowest BCUT2D eigenvalue weighted by Crippen LogP contribution is -2.43. The molecule has 1 amide bonds. The molecule has 2 aromatic rings. The Morgan fingerprint density at radius 3 is 2.68 bits per heavy atom. The molecule has 132 valence electrons. The number of hydrogen-bond acceptors (Lipinski definition) is 3. The van der Waals surface area contributed by atoms with Crippen LogP contribution in [0.2, 0.25) is 5.02 Å². The molecule has 3 rings (SSSR count). The van der Waals surface area contributed by atoms with Crippen molar-refractivity contribution < 1.29 is 4.79 Å². The van der Waals surface area contributed by atoms with Crippen LogP contribution in [-0.4, -0.2) is 39.7 Å². The number of halogens is 1. The van der Waals surface area contributed by atoms with Crippen molar-refractivity contribution in [3.8, 4) is 0 Å². The van der Waals surface area contributed by atoms with Crippen LogP contribution in [0.1, 0.15) is 24.0 Å². The van der Waals surface area contributed by atoms with Gasteiger partial charge in [0.1, 0.15) is 0 Å². The van der Waals surface area contributed by atoms with Gasteiger partial charge in [0.15, 0.2) is 0 Å². The average Bonchev–Trinajstić information content (AvgIpc) is 3.02. The van der Waals surface area contributed by atoms with Gasteiger partial charge in [-0.3, -0.25) is 14.4 Å². The topological polar surface area (TPSA) is 50.2 Å². The quantitative estimate of drug-likeness (QED) is 0.836. The third-order valence-electron chi connectivity index (χ3n) is 4.41. The standard InChI is InChI=1S/C19H23ClN4O/c1-23-13-16(12-21-23)4-7-19(25)22-18-8-10-24(11-9-18)14-15-2-5-17(20)6-3-15/h2-7,12-13,18H,8-11,14H2,1H3,(H,22,25). The Labute approximate surface area is 153 Å². The van der Waals surface area contributed by atoms with E-state index in [4.69, 9.17) is 11.6 Å². The minimum atomic E-state index is -0.0417. The summed E-state index contributed by atoms with van der Waals surface area (Å²) in [5, 5.41) is 7.94. The Bertz CT molecular complexity index is 730. The number of aryl methyl sites for hydroxylation is 1. The summed E-state index contributed by atoms with van der Waals surface area (Å²) in [5.41, 5.74) is 2.20. The maximum Gasteiger partial charge on any atom is 0.244 e. The molecule has 5 nitrogen and oxygen atoms in total. The second-order valence-electron chi connectivity index (χ2n) is 6.47. The van der Waals surface area contributed by atoms with E-state index in [0.717, 1.165) is 43.1 Å². The highest BCUT2D eigenvalue weighted by Crippen LogP contribution is 2.16. The van der Waals surface area contributed by atoms with Crippen molar-refractivity contribution in [3.63, 3.8) is 0 Å². The van der Waals surface area contributed by atoms with Crippen molar-refractivity contribution in [3.05, 3.63) is 58.9 Å². The molecule has 1 aromatic carbocycles. The summed E-state index contributed by atoms with van der Waals surface area (Å²) in [4.78, 5) is 14.5. The molecule has 2 heterocycles. The molecule has 0 bridgehead atoms. The van der Waals surface area contributed by atoms with Gasteiger partial charge in [-0.15, -0.1) is 0 Å². The normalized spacial score (nSPS) is 16.4. The van der Waals surface area contributed by atoms with Crippen LogP contribution in [-0.2, 0) is 18.4 Å². The summed E-state index contributed by atoms with van der Waals surface area (Å²) >= 11 is 5.92. The molecule has 0 aliphatic carbocycles. The van der Waals surface area contributed by atoms with Gasteiger partial charge in [-0.25, -0.2) is 0 Å². The molecule has 1 aliphatic rings. The van der Waals surface area contributed by atoms with Crippen LogP contribution in [0, 0.1) is 0 Å². The third-order valence-corrected chi connectivity index (χ3v) is 4.66. The van der Waals surface area contributed by atoms with Gasteiger partial charge in [-0.05, 0) is 36.6 Å². The van der Waals surface area contributed by atoms with E-state index in [9.17, 15) is 4.79 Å². The number of amides is 1. The predicted octanol–water partition coefficient (Wildman–Crippen LogP) is 2.87. The van der Waals surface area contributed by atoms with Crippen LogP contribution in [0.5, 0.6) is 0 Å². The zero-order valence-corrected chi connectivity index (χ0v) is 15.1. The van der Waals surface area contributed by atoms with Gasteiger partial charge in [-0.2, -0.15) is 5.10 Å². The maximum absolute atomic E-state index is 12.0. The average molecular weight is 359 g/mol. The Balaban J connectivity index is 1.42. The summed E-state index contributed by atoms with van der Waals surface area (Å²) in [5.74, 6) is -0.0417. The van der Waals surface area contributed by atoms with Crippen LogP contribution in [0.15, 0.2) is 42.7 Å². The number of carbonyl (C=O) groups excluding carboxylic acids is 1. The van der Waals surface area contributed by atoms with E-state index < -0.39 is 0 Å². The van der Waals surface area contributed by atoms with Gasteiger partial charge in [-0.1, -0.05) is 23.7 Å². The SMILES string of the molecule is Cn1cc(C=CC(=O)NC2CCN(Cc3ccc(Cl)cc3)CC2)cn1. The fourth-order valence-electron chi connectivity index (χ4n) is 3.03. The highest BCUT2D eigenvalue weighted by atomic mass is 35.5. The van der Waals surface area contributed by atoms with Crippen LogP contribution < -0.4 is 5.32 Å². The van der Waals surface area contributed by atoms with Gasteiger partial charge in [0.2, 0.25) is 5.91 Å². The first-order valence-electron chi connectivity index (χ1n) is 8.52. The third kappa shape index (κ3) is 5.44. The number of nitrogens with zero attached hydrogens (tertiary/aromatic N) is 3. The molecule has 1 aromatic heterocycles. The highest BCUT2D eigenvalue weighted by molar-refractivity contribution is 6.30. The molecular formula is C19H23ClN4O. The molecule has 0 spiro atoms. The molecular weight excluding hydrogens is 336 g/mol. The van der Waals surface area contributed by atoms with Gasteiger partial charge < -0.3 is 5.32 Å². The number of nitrogens with one attached hydrogen (secondary N) is 1. The molecule has 25 heavy (non-hydrogen) atoms. The van der Waals surface area contributed by atoms with Crippen molar-refractivity contribution in [2.24, 2.45) is 7.05 Å². The highest BCUT2D eigenvalue weighted by Gasteiger charge is 2.20. The Morgan fingerprint density at radius 1 is 1.32 bits per heavy atom. The van der Waals surface area contributed by atoms with E-state index in [2.05, 4.69) is 27.4 Å². The zero-order chi connectivity index (χ0) is 17.6. The first kappa shape index (κ1) is 17.7. The van der Waals surface area contributed by atoms with Crippen LogP contribution in [0.25, 0.3) is 6.08 Å². The molecule has 0 saturated carbocycles. The van der Waals surface area contributed by atoms with Gasteiger partial charge in [0.25, 0.3) is 0 Å².